The van der Waals surface area contributed by atoms with Crippen molar-refractivity contribution in [2.45, 2.75) is 18.7 Å². The maximum absolute atomic E-state index is 12.7. The number of aromatic nitrogens is 2. The number of aryl methyl sites for hydroxylation is 2. The van der Waals surface area contributed by atoms with Crippen LogP contribution in [0.3, 0.4) is 0 Å². The lowest BCUT2D eigenvalue weighted by Gasteiger charge is -2.11. The van der Waals surface area contributed by atoms with E-state index in [1.54, 1.807) is 12.1 Å². The summed E-state index contributed by atoms with van der Waals surface area (Å²) in [6, 6.07) is 12.5. The molecule has 0 bridgehead atoms. The van der Waals surface area contributed by atoms with Gasteiger partial charge >= 0.3 is 6.01 Å². The van der Waals surface area contributed by atoms with Crippen molar-refractivity contribution in [3.63, 3.8) is 0 Å². The van der Waals surface area contributed by atoms with E-state index in [2.05, 4.69) is 20.0 Å². The number of benzene rings is 2. The van der Waals surface area contributed by atoms with Crippen molar-refractivity contribution in [1.82, 2.24) is 9.97 Å². The lowest BCUT2D eigenvalue weighted by molar-refractivity contribution is 0.102. The van der Waals surface area contributed by atoms with E-state index in [4.69, 9.17) is 9.47 Å². The van der Waals surface area contributed by atoms with Crippen molar-refractivity contribution in [2.24, 2.45) is 0 Å². The standard InChI is InChI=1S/C21H22N4O5S/c1-13-5-6-15(11-14(13)2)20(26)22-16-7-9-17(10-8-16)31(27,28)25-18-12-19(29-3)24-21(23-18)30-4/h5-12H,1-4H3,(H,22,26)(H,23,24,25). The summed E-state index contributed by atoms with van der Waals surface area (Å²) in [6.45, 7) is 3.90. The van der Waals surface area contributed by atoms with Crippen LogP contribution in [0.5, 0.6) is 11.9 Å². The van der Waals surface area contributed by atoms with Crippen LogP contribution in [0.4, 0.5) is 11.5 Å². The van der Waals surface area contributed by atoms with Crippen molar-refractivity contribution in [2.75, 3.05) is 24.3 Å². The third-order valence-electron chi connectivity index (χ3n) is 4.50. The van der Waals surface area contributed by atoms with Gasteiger partial charge in [0, 0.05) is 17.3 Å². The van der Waals surface area contributed by atoms with E-state index in [0.29, 0.717) is 11.3 Å². The number of nitrogens with zero attached hydrogens (tertiary/aromatic N) is 2. The molecule has 0 aliphatic rings. The number of sulfonamides is 1. The fourth-order valence-corrected chi connectivity index (χ4v) is 3.64. The van der Waals surface area contributed by atoms with Gasteiger partial charge in [0.25, 0.3) is 15.9 Å². The average Bonchev–Trinajstić information content (AvgIpc) is 2.75. The maximum atomic E-state index is 12.7. The van der Waals surface area contributed by atoms with Crippen LogP contribution >= 0.6 is 0 Å². The smallest absolute Gasteiger partial charge is 0.321 e. The van der Waals surface area contributed by atoms with Gasteiger partial charge < -0.3 is 14.8 Å². The average molecular weight is 442 g/mol. The predicted molar refractivity (Wildman–Crippen MR) is 116 cm³/mol. The Hall–Kier alpha value is -3.66. The molecule has 0 saturated heterocycles. The molecular weight excluding hydrogens is 420 g/mol. The van der Waals surface area contributed by atoms with E-state index in [1.807, 2.05) is 19.9 Å². The van der Waals surface area contributed by atoms with Crippen LogP contribution in [0.25, 0.3) is 0 Å². The van der Waals surface area contributed by atoms with E-state index in [-0.39, 0.29) is 28.5 Å². The molecule has 2 N–H and O–H groups in total. The number of ether oxygens (including phenoxy) is 2. The molecule has 0 aliphatic heterocycles. The molecule has 0 fully saturated rings. The summed E-state index contributed by atoms with van der Waals surface area (Å²) in [6.07, 6.45) is 0. The van der Waals surface area contributed by atoms with E-state index < -0.39 is 10.0 Å². The topological polar surface area (TPSA) is 120 Å². The Labute approximate surface area is 180 Å². The van der Waals surface area contributed by atoms with Crippen molar-refractivity contribution in [3.05, 3.63) is 65.2 Å². The minimum atomic E-state index is -3.94. The van der Waals surface area contributed by atoms with Crippen molar-refractivity contribution >= 4 is 27.4 Å². The number of rotatable bonds is 7. The van der Waals surface area contributed by atoms with Crippen LogP contribution in [-0.2, 0) is 10.0 Å². The Morgan fingerprint density at radius 2 is 1.61 bits per heavy atom. The number of carbonyl (C=O) groups excluding carboxylic acids is 1. The monoisotopic (exact) mass is 442 g/mol. The maximum Gasteiger partial charge on any atom is 0.321 e. The Kier molecular flexibility index (Phi) is 6.40. The second kappa shape index (κ2) is 9.00. The van der Waals surface area contributed by atoms with Crippen LogP contribution in [0, 0.1) is 13.8 Å². The van der Waals surface area contributed by atoms with Gasteiger partial charge in [-0.25, -0.2) is 8.42 Å². The molecule has 1 heterocycles. The highest BCUT2D eigenvalue weighted by atomic mass is 32.2. The van der Waals surface area contributed by atoms with Crippen molar-refractivity contribution in [3.8, 4) is 11.9 Å². The van der Waals surface area contributed by atoms with Gasteiger partial charge in [-0.05, 0) is 61.4 Å². The minimum absolute atomic E-state index is 0.00387. The van der Waals surface area contributed by atoms with E-state index in [9.17, 15) is 13.2 Å². The molecule has 162 valence electrons. The molecule has 0 saturated carbocycles. The number of carbonyl (C=O) groups is 1. The molecule has 3 rings (SSSR count). The highest BCUT2D eigenvalue weighted by molar-refractivity contribution is 7.92. The lowest BCUT2D eigenvalue weighted by atomic mass is 10.1. The van der Waals surface area contributed by atoms with Gasteiger partial charge in [0.05, 0.1) is 19.1 Å². The van der Waals surface area contributed by atoms with Gasteiger partial charge in [-0.2, -0.15) is 9.97 Å². The molecular formula is C21H22N4O5S. The van der Waals surface area contributed by atoms with E-state index in [0.717, 1.165) is 11.1 Å². The Morgan fingerprint density at radius 1 is 0.903 bits per heavy atom. The second-order valence-electron chi connectivity index (χ2n) is 6.67. The zero-order valence-corrected chi connectivity index (χ0v) is 18.3. The normalized spacial score (nSPS) is 11.0. The van der Waals surface area contributed by atoms with Crippen molar-refractivity contribution < 1.29 is 22.7 Å². The molecule has 3 aromatic rings. The molecule has 10 heteroatoms. The fraction of sp³-hybridized carbons (Fsp3) is 0.190. The third-order valence-corrected chi connectivity index (χ3v) is 5.87. The van der Waals surface area contributed by atoms with Crippen LogP contribution < -0.4 is 19.5 Å². The van der Waals surface area contributed by atoms with E-state index >= 15 is 0 Å². The Morgan fingerprint density at radius 3 is 2.23 bits per heavy atom. The first-order valence-corrected chi connectivity index (χ1v) is 10.7. The Bertz CT molecular complexity index is 1190. The number of anilines is 2. The van der Waals surface area contributed by atoms with Gasteiger partial charge in [0.15, 0.2) is 5.82 Å². The van der Waals surface area contributed by atoms with Crippen LogP contribution in [0.2, 0.25) is 0 Å². The molecule has 0 atom stereocenters. The predicted octanol–water partition coefficient (Wildman–Crippen LogP) is 3.16. The highest BCUT2D eigenvalue weighted by Gasteiger charge is 2.17. The molecule has 1 amide bonds. The summed E-state index contributed by atoms with van der Waals surface area (Å²) in [7, 11) is -1.18. The van der Waals surface area contributed by atoms with Gasteiger partial charge in [0.1, 0.15) is 0 Å². The summed E-state index contributed by atoms with van der Waals surface area (Å²) < 4.78 is 37.7. The number of methoxy groups -OCH3 is 2. The minimum Gasteiger partial charge on any atom is -0.481 e. The zero-order chi connectivity index (χ0) is 22.6. The molecule has 0 radical (unpaired) electrons. The molecule has 2 aromatic carbocycles. The van der Waals surface area contributed by atoms with Crippen LogP contribution in [0.1, 0.15) is 21.5 Å². The zero-order valence-electron chi connectivity index (χ0n) is 17.5. The van der Waals surface area contributed by atoms with Crippen molar-refractivity contribution in [1.29, 1.82) is 0 Å². The van der Waals surface area contributed by atoms with Crippen LogP contribution in [-0.4, -0.2) is 38.5 Å². The first kappa shape index (κ1) is 22.0. The molecule has 9 nitrogen and oxygen atoms in total. The number of nitrogens with one attached hydrogen (secondary N) is 2. The van der Waals surface area contributed by atoms with Gasteiger partial charge in [-0.15, -0.1) is 0 Å². The largest absolute Gasteiger partial charge is 0.481 e. The second-order valence-corrected chi connectivity index (χ2v) is 8.35. The fourth-order valence-electron chi connectivity index (χ4n) is 2.65. The summed E-state index contributed by atoms with van der Waals surface area (Å²) in [4.78, 5) is 20.3. The molecule has 0 spiro atoms. The SMILES string of the molecule is COc1cc(NS(=O)(=O)c2ccc(NC(=O)c3ccc(C)c(C)c3)cc2)nc(OC)n1. The first-order chi connectivity index (χ1) is 14.7. The molecule has 31 heavy (non-hydrogen) atoms. The third kappa shape index (κ3) is 5.28. The number of amides is 1. The summed E-state index contributed by atoms with van der Waals surface area (Å²) in [5.74, 6) is -0.137. The highest BCUT2D eigenvalue weighted by Crippen LogP contribution is 2.22. The lowest BCUT2D eigenvalue weighted by Crippen LogP contribution is -2.15. The quantitative estimate of drug-likeness (QED) is 0.577. The van der Waals surface area contributed by atoms with E-state index in [1.165, 1.54) is 44.6 Å². The number of hydrogen-bond donors (Lipinski definition) is 2. The van der Waals surface area contributed by atoms with Gasteiger partial charge in [0.2, 0.25) is 5.88 Å². The van der Waals surface area contributed by atoms with Crippen LogP contribution in [0.15, 0.2) is 53.4 Å². The first-order valence-electron chi connectivity index (χ1n) is 9.20. The molecule has 1 aromatic heterocycles. The van der Waals surface area contributed by atoms with Gasteiger partial charge in [-0.3, -0.25) is 9.52 Å². The molecule has 0 aliphatic carbocycles. The molecule has 0 unspecified atom stereocenters. The summed E-state index contributed by atoms with van der Waals surface area (Å²) in [5, 5.41) is 2.76. The van der Waals surface area contributed by atoms with Gasteiger partial charge in [-0.1, -0.05) is 6.07 Å². The summed E-state index contributed by atoms with van der Waals surface area (Å²) in [5.41, 5.74) is 3.09. The number of hydrogen-bond acceptors (Lipinski definition) is 7. The Balaban J connectivity index is 1.75. The summed E-state index contributed by atoms with van der Waals surface area (Å²) >= 11 is 0.